The standard InChI is InChI=1S/C5H4F3NS.C4H6N2.2C2H6/c1-3-4(5(6,7)8)9-2-10-3;1-4-2-3-5-6-4;2*1-2/h2H,1H3;2-3H,1H3,(H,5,6);2*1-2H3. The van der Waals surface area contributed by atoms with Gasteiger partial charge >= 0.3 is 6.18 Å². The second-order valence-corrected chi connectivity index (χ2v) is 4.05. The van der Waals surface area contributed by atoms with Crippen molar-refractivity contribution in [3.63, 3.8) is 0 Å². The van der Waals surface area contributed by atoms with E-state index in [1.54, 1.807) is 6.20 Å². The Bertz CT molecular complexity index is 422. The molecule has 20 heavy (non-hydrogen) atoms. The third-order valence-electron chi connectivity index (χ3n) is 1.65. The van der Waals surface area contributed by atoms with E-state index in [4.69, 9.17) is 0 Å². The van der Waals surface area contributed by atoms with Crippen LogP contribution in [-0.4, -0.2) is 15.2 Å². The molecular weight excluding hydrogens is 287 g/mol. The second-order valence-electron chi connectivity index (χ2n) is 2.99. The van der Waals surface area contributed by atoms with E-state index < -0.39 is 11.9 Å². The van der Waals surface area contributed by atoms with Crippen LogP contribution in [0.15, 0.2) is 17.8 Å². The van der Waals surface area contributed by atoms with Gasteiger partial charge in [0.25, 0.3) is 0 Å². The molecule has 0 atom stereocenters. The number of hydrogen-bond acceptors (Lipinski definition) is 3. The molecule has 0 aromatic carbocycles. The zero-order valence-electron chi connectivity index (χ0n) is 12.7. The maximum Gasteiger partial charge on any atom is 0.434 e. The van der Waals surface area contributed by atoms with Crippen LogP contribution in [0.25, 0.3) is 0 Å². The van der Waals surface area contributed by atoms with Crippen molar-refractivity contribution in [3.8, 4) is 0 Å². The number of thiazole rings is 1. The molecule has 2 aromatic rings. The van der Waals surface area contributed by atoms with Crippen molar-refractivity contribution in [2.45, 2.75) is 47.7 Å². The lowest BCUT2D eigenvalue weighted by Crippen LogP contribution is -2.06. The van der Waals surface area contributed by atoms with Crippen molar-refractivity contribution in [2.75, 3.05) is 0 Å². The smallest absolute Gasteiger partial charge is 0.283 e. The lowest BCUT2D eigenvalue weighted by atomic mass is 10.4. The van der Waals surface area contributed by atoms with E-state index in [0.29, 0.717) is 0 Å². The van der Waals surface area contributed by atoms with Gasteiger partial charge in [0.15, 0.2) is 5.69 Å². The SMILES string of the molecule is CC.CC.Cc1ccn[nH]1.Cc1scnc1C(F)(F)F. The Balaban J connectivity index is 0. The first-order valence-electron chi connectivity index (χ1n) is 6.34. The first kappa shape index (κ1) is 20.9. The first-order chi connectivity index (χ1) is 9.41. The van der Waals surface area contributed by atoms with Crippen molar-refractivity contribution < 1.29 is 13.2 Å². The molecule has 1 N–H and O–H groups in total. The minimum Gasteiger partial charge on any atom is -0.283 e. The number of alkyl halides is 3. The van der Waals surface area contributed by atoms with Gasteiger partial charge in [-0.15, -0.1) is 11.3 Å². The van der Waals surface area contributed by atoms with E-state index in [9.17, 15) is 13.2 Å². The summed E-state index contributed by atoms with van der Waals surface area (Å²) in [4.78, 5) is 3.40. The molecule has 0 bridgehead atoms. The average molecular weight is 309 g/mol. The van der Waals surface area contributed by atoms with Crippen LogP contribution in [0.5, 0.6) is 0 Å². The predicted octanol–water partition coefficient (Wildman–Crippen LogP) is 5.24. The van der Waals surface area contributed by atoms with Gasteiger partial charge in [0, 0.05) is 16.8 Å². The van der Waals surface area contributed by atoms with E-state index in [1.165, 1.54) is 12.4 Å². The topological polar surface area (TPSA) is 41.6 Å². The van der Waals surface area contributed by atoms with Gasteiger partial charge in [-0.25, -0.2) is 4.98 Å². The maximum atomic E-state index is 11.8. The van der Waals surface area contributed by atoms with Crippen LogP contribution in [0.1, 0.15) is 44.0 Å². The summed E-state index contributed by atoms with van der Waals surface area (Å²) >= 11 is 1.00. The van der Waals surface area contributed by atoms with Crippen LogP contribution in [0, 0.1) is 13.8 Å². The number of aryl methyl sites for hydroxylation is 2. The molecule has 0 unspecified atom stereocenters. The molecule has 0 saturated heterocycles. The molecule has 0 aliphatic heterocycles. The number of hydrogen-bond donors (Lipinski definition) is 1. The Morgan fingerprint density at radius 3 is 1.80 bits per heavy atom. The highest BCUT2D eigenvalue weighted by Crippen LogP contribution is 2.31. The Kier molecular flexibility index (Phi) is 12.0. The lowest BCUT2D eigenvalue weighted by Gasteiger charge is -2.01. The molecule has 0 aliphatic carbocycles. The molecule has 0 saturated carbocycles. The number of H-pyrrole nitrogens is 1. The molecule has 2 rings (SSSR count). The number of halogens is 3. The molecule has 0 fully saturated rings. The highest BCUT2D eigenvalue weighted by molar-refractivity contribution is 7.09. The highest BCUT2D eigenvalue weighted by atomic mass is 32.1. The summed E-state index contributed by atoms with van der Waals surface area (Å²) in [5, 5.41) is 6.45. The van der Waals surface area contributed by atoms with Crippen LogP contribution in [0.4, 0.5) is 13.2 Å². The van der Waals surface area contributed by atoms with E-state index in [0.717, 1.165) is 17.0 Å². The van der Waals surface area contributed by atoms with Crippen molar-refractivity contribution in [1.82, 2.24) is 15.2 Å². The molecule has 0 spiro atoms. The maximum absolute atomic E-state index is 11.8. The number of nitrogens with zero attached hydrogens (tertiary/aromatic N) is 2. The van der Waals surface area contributed by atoms with Crippen molar-refractivity contribution in [1.29, 1.82) is 0 Å². The summed E-state index contributed by atoms with van der Waals surface area (Å²) in [6, 6.07) is 1.92. The van der Waals surface area contributed by atoms with Gasteiger partial charge in [-0.2, -0.15) is 18.3 Å². The quantitative estimate of drug-likeness (QED) is 0.723. The zero-order chi connectivity index (χ0) is 16.2. The van der Waals surface area contributed by atoms with E-state index in [2.05, 4.69) is 15.2 Å². The van der Waals surface area contributed by atoms with Crippen LogP contribution >= 0.6 is 11.3 Å². The molecule has 2 aromatic heterocycles. The fourth-order valence-electron chi connectivity index (χ4n) is 0.903. The van der Waals surface area contributed by atoms with Gasteiger partial charge in [0.1, 0.15) is 0 Å². The number of nitrogens with one attached hydrogen (secondary N) is 1. The Labute approximate surface area is 122 Å². The van der Waals surface area contributed by atoms with Crippen LogP contribution in [-0.2, 0) is 6.18 Å². The van der Waals surface area contributed by atoms with E-state index >= 15 is 0 Å². The van der Waals surface area contributed by atoms with Crippen LogP contribution < -0.4 is 0 Å². The Morgan fingerprint density at radius 2 is 1.65 bits per heavy atom. The molecule has 0 amide bonds. The van der Waals surface area contributed by atoms with E-state index in [-0.39, 0.29) is 4.88 Å². The molecule has 3 nitrogen and oxygen atoms in total. The van der Waals surface area contributed by atoms with Gasteiger partial charge in [0.2, 0.25) is 0 Å². The van der Waals surface area contributed by atoms with Crippen molar-refractivity contribution in [3.05, 3.63) is 34.0 Å². The second kappa shape index (κ2) is 11.5. The van der Waals surface area contributed by atoms with Gasteiger partial charge in [-0.1, -0.05) is 27.7 Å². The summed E-state index contributed by atoms with van der Waals surface area (Å²) in [6.45, 7) is 11.4. The number of aromatic nitrogens is 3. The van der Waals surface area contributed by atoms with Crippen LogP contribution in [0.3, 0.4) is 0 Å². The third-order valence-corrected chi connectivity index (χ3v) is 2.41. The molecular formula is C13H22F3N3S. The molecule has 2 heterocycles. The average Bonchev–Trinajstić information content (AvgIpc) is 3.05. The van der Waals surface area contributed by atoms with E-state index in [1.807, 2.05) is 40.7 Å². The molecule has 0 radical (unpaired) electrons. The zero-order valence-corrected chi connectivity index (χ0v) is 13.5. The normalized spacial score (nSPS) is 9.25. The van der Waals surface area contributed by atoms with Crippen molar-refractivity contribution in [2.24, 2.45) is 0 Å². The predicted molar refractivity (Wildman–Crippen MR) is 77.9 cm³/mol. The summed E-state index contributed by atoms with van der Waals surface area (Å²) in [6.07, 6.45) is -2.56. The van der Waals surface area contributed by atoms with Crippen molar-refractivity contribution >= 4 is 11.3 Å². The first-order valence-corrected chi connectivity index (χ1v) is 7.22. The number of aromatic amines is 1. The van der Waals surface area contributed by atoms with Gasteiger partial charge < -0.3 is 0 Å². The molecule has 0 aliphatic rings. The lowest BCUT2D eigenvalue weighted by molar-refractivity contribution is -0.141. The number of rotatable bonds is 0. The molecule has 7 heteroatoms. The largest absolute Gasteiger partial charge is 0.434 e. The Hall–Kier alpha value is -1.37. The third kappa shape index (κ3) is 8.68. The summed E-state index contributed by atoms with van der Waals surface area (Å²) in [5.74, 6) is 0. The van der Waals surface area contributed by atoms with Gasteiger partial charge in [-0.3, -0.25) is 5.10 Å². The summed E-state index contributed by atoms with van der Waals surface area (Å²) < 4.78 is 35.5. The fraction of sp³-hybridized carbons (Fsp3) is 0.538. The van der Waals surface area contributed by atoms with Crippen LogP contribution in [0.2, 0.25) is 0 Å². The fourth-order valence-corrected chi connectivity index (χ4v) is 1.50. The minimum absolute atomic E-state index is 0.215. The minimum atomic E-state index is -4.29. The summed E-state index contributed by atoms with van der Waals surface area (Å²) in [5.41, 5.74) is 1.53. The van der Waals surface area contributed by atoms with Gasteiger partial charge in [-0.05, 0) is 19.9 Å². The van der Waals surface area contributed by atoms with Gasteiger partial charge in [0.05, 0.1) is 5.51 Å². The monoisotopic (exact) mass is 309 g/mol. The highest BCUT2D eigenvalue weighted by Gasteiger charge is 2.34. The Morgan fingerprint density at radius 1 is 1.10 bits per heavy atom. The molecule has 116 valence electrons. The summed E-state index contributed by atoms with van der Waals surface area (Å²) in [7, 11) is 0.